The van der Waals surface area contributed by atoms with Crippen LogP contribution in [0.25, 0.3) is 0 Å². The lowest BCUT2D eigenvalue weighted by Crippen LogP contribution is -2.45. The summed E-state index contributed by atoms with van der Waals surface area (Å²) >= 11 is 0. The third kappa shape index (κ3) is 30.0. The topological polar surface area (TPSA) is 30.3 Å². The molecule has 1 N–H and O–H groups in total. The lowest BCUT2D eigenvalue weighted by atomic mass is 10.1. The average Bonchev–Trinajstić information content (AvgIpc) is 3.03. The van der Waals surface area contributed by atoms with Crippen LogP contribution in [0.3, 0.4) is 0 Å². The van der Waals surface area contributed by atoms with Gasteiger partial charge in [0.2, 0.25) is 0 Å². The second-order valence-electron chi connectivity index (χ2n) is 14.2. The Labute approximate surface area is 280 Å². The standard InChI is InChI=1S/C41H85N3/c1-5-9-13-17-21-25-29-33-37-43(38-34-30-26-22-18-14-10-6-2)41(42)44(39-35-31-27-23-19-15-11-7-3)40-36-32-28-24-20-16-12-8-4/h42H,5-40H2,1-4H3. The van der Waals surface area contributed by atoms with E-state index >= 15 is 0 Å². The van der Waals surface area contributed by atoms with Crippen molar-refractivity contribution in [1.29, 1.82) is 5.41 Å². The van der Waals surface area contributed by atoms with Gasteiger partial charge in [0.25, 0.3) is 0 Å². The first-order chi connectivity index (χ1) is 21.7. The molecule has 0 unspecified atom stereocenters. The third-order valence-electron chi connectivity index (χ3n) is 9.73. The molecule has 0 radical (unpaired) electrons. The van der Waals surface area contributed by atoms with Crippen molar-refractivity contribution < 1.29 is 0 Å². The predicted octanol–water partition coefficient (Wildman–Crippen LogP) is 14.1. The summed E-state index contributed by atoms with van der Waals surface area (Å²) in [7, 11) is 0. The minimum atomic E-state index is 0.863. The third-order valence-corrected chi connectivity index (χ3v) is 9.73. The molecule has 44 heavy (non-hydrogen) atoms. The van der Waals surface area contributed by atoms with Crippen LogP contribution in [0.4, 0.5) is 0 Å². The number of nitrogens with one attached hydrogen (secondary N) is 1. The van der Waals surface area contributed by atoms with Gasteiger partial charge in [-0.15, -0.1) is 0 Å². The Morgan fingerprint density at radius 2 is 0.432 bits per heavy atom. The first-order valence-corrected chi connectivity index (χ1v) is 20.8. The summed E-state index contributed by atoms with van der Waals surface area (Å²) in [5, 5.41) is 9.43. The van der Waals surface area contributed by atoms with Crippen molar-refractivity contribution >= 4 is 5.96 Å². The summed E-state index contributed by atoms with van der Waals surface area (Å²) in [6.45, 7) is 13.6. The number of nitrogens with zero attached hydrogens (tertiary/aromatic N) is 2. The van der Waals surface area contributed by atoms with Crippen molar-refractivity contribution in [2.75, 3.05) is 26.2 Å². The molecule has 0 heterocycles. The van der Waals surface area contributed by atoms with E-state index in [9.17, 15) is 5.41 Å². The molecule has 0 saturated heterocycles. The average molecular weight is 620 g/mol. The maximum atomic E-state index is 9.43. The number of hydrogen-bond donors (Lipinski definition) is 1. The van der Waals surface area contributed by atoms with E-state index in [0.29, 0.717) is 0 Å². The summed E-state index contributed by atoms with van der Waals surface area (Å²) in [6, 6.07) is 0. The number of guanidine groups is 1. The minimum Gasteiger partial charge on any atom is -0.343 e. The van der Waals surface area contributed by atoms with Gasteiger partial charge in [-0.25, -0.2) is 0 Å². The van der Waals surface area contributed by atoms with Crippen LogP contribution in [0.15, 0.2) is 0 Å². The Balaban J connectivity index is 4.88. The number of rotatable bonds is 36. The molecule has 0 spiro atoms. The smallest absolute Gasteiger partial charge is 0.193 e. The van der Waals surface area contributed by atoms with Crippen molar-refractivity contribution in [3.05, 3.63) is 0 Å². The normalized spacial score (nSPS) is 11.4. The van der Waals surface area contributed by atoms with Gasteiger partial charge in [-0.2, -0.15) is 0 Å². The van der Waals surface area contributed by atoms with Gasteiger partial charge >= 0.3 is 0 Å². The monoisotopic (exact) mass is 620 g/mol. The van der Waals surface area contributed by atoms with E-state index in [1.54, 1.807) is 0 Å². The second-order valence-corrected chi connectivity index (χ2v) is 14.2. The molecular weight excluding hydrogens is 534 g/mol. The molecule has 264 valence electrons. The van der Waals surface area contributed by atoms with Crippen LogP contribution in [0.1, 0.15) is 233 Å². The Hall–Kier alpha value is -0.730. The van der Waals surface area contributed by atoms with Crippen molar-refractivity contribution in [3.8, 4) is 0 Å². The van der Waals surface area contributed by atoms with Crippen LogP contribution in [0, 0.1) is 5.41 Å². The van der Waals surface area contributed by atoms with E-state index in [1.807, 2.05) is 0 Å². The van der Waals surface area contributed by atoms with Crippen LogP contribution in [-0.4, -0.2) is 41.9 Å². The molecular formula is C41H85N3. The van der Waals surface area contributed by atoms with E-state index in [0.717, 1.165) is 32.1 Å². The van der Waals surface area contributed by atoms with Gasteiger partial charge in [0.1, 0.15) is 0 Å². The van der Waals surface area contributed by atoms with E-state index in [2.05, 4.69) is 37.5 Å². The molecule has 0 aromatic carbocycles. The molecule has 0 atom stereocenters. The Bertz CT molecular complexity index is 462. The first kappa shape index (κ1) is 43.3. The highest BCUT2D eigenvalue weighted by Crippen LogP contribution is 2.15. The maximum Gasteiger partial charge on any atom is 0.193 e. The molecule has 0 amide bonds. The largest absolute Gasteiger partial charge is 0.343 e. The van der Waals surface area contributed by atoms with Crippen molar-refractivity contribution in [2.24, 2.45) is 0 Å². The highest BCUT2D eigenvalue weighted by Gasteiger charge is 2.17. The molecule has 0 rings (SSSR count). The van der Waals surface area contributed by atoms with Crippen molar-refractivity contribution in [2.45, 2.75) is 233 Å². The summed E-state index contributed by atoms with van der Waals surface area (Å²) in [6.07, 6.45) is 43.8. The zero-order valence-electron chi connectivity index (χ0n) is 31.4. The van der Waals surface area contributed by atoms with Gasteiger partial charge in [0.05, 0.1) is 0 Å². The number of unbranched alkanes of at least 4 members (excludes halogenated alkanes) is 28. The van der Waals surface area contributed by atoms with E-state index in [4.69, 9.17) is 0 Å². The lowest BCUT2D eigenvalue weighted by molar-refractivity contribution is 0.291. The molecule has 0 aliphatic heterocycles. The predicted molar refractivity (Wildman–Crippen MR) is 201 cm³/mol. The van der Waals surface area contributed by atoms with Gasteiger partial charge in [0.15, 0.2) is 5.96 Å². The summed E-state index contributed by atoms with van der Waals surface area (Å²) in [5.74, 6) is 0.863. The van der Waals surface area contributed by atoms with Crippen LogP contribution in [0.5, 0.6) is 0 Å². The first-order valence-electron chi connectivity index (χ1n) is 20.8. The highest BCUT2D eigenvalue weighted by molar-refractivity contribution is 5.76. The highest BCUT2D eigenvalue weighted by atomic mass is 15.4. The van der Waals surface area contributed by atoms with E-state index in [1.165, 1.54) is 205 Å². The van der Waals surface area contributed by atoms with Crippen LogP contribution >= 0.6 is 0 Å². The quantitative estimate of drug-likeness (QED) is 0.0429. The fourth-order valence-electron chi connectivity index (χ4n) is 6.59. The summed E-state index contributed by atoms with van der Waals surface area (Å²) in [4.78, 5) is 5.01. The fraction of sp³-hybridized carbons (Fsp3) is 0.976. The van der Waals surface area contributed by atoms with E-state index in [-0.39, 0.29) is 0 Å². The zero-order chi connectivity index (χ0) is 32.2. The van der Waals surface area contributed by atoms with Crippen LogP contribution in [-0.2, 0) is 0 Å². The summed E-state index contributed by atoms with van der Waals surface area (Å²) < 4.78 is 0. The van der Waals surface area contributed by atoms with Crippen molar-refractivity contribution in [1.82, 2.24) is 9.80 Å². The Morgan fingerprint density at radius 3 is 0.614 bits per heavy atom. The Morgan fingerprint density at radius 1 is 0.273 bits per heavy atom. The molecule has 0 saturated carbocycles. The maximum absolute atomic E-state index is 9.43. The Kier molecular flexibility index (Phi) is 36.1. The molecule has 0 aromatic heterocycles. The van der Waals surface area contributed by atoms with Crippen LogP contribution < -0.4 is 0 Å². The van der Waals surface area contributed by atoms with Crippen molar-refractivity contribution in [3.63, 3.8) is 0 Å². The molecule has 3 heteroatoms. The van der Waals surface area contributed by atoms with Gasteiger partial charge in [0, 0.05) is 26.2 Å². The fourth-order valence-corrected chi connectivity index (χ4v) is 6.59. The van der Waals surface area contributed by atoms with E-state index < -0.39 is 0 Å². The zero-order valence-corrected chi connectivity index (χ0v) is 31.4. The van der Waals surface area contributed by atoms with Crippen LogP contribution in [0.2, 0.25) is 0 Å². The van der Waals surface area contributed by atoms with Gasteiger partial charge in [-0.05, 0) is 25.7 Å². The van der Waals surface area contributed by atoms with Gasteiger partial charge < -0.3 is 9.80 Å². The lowest BCUT2D eigenvalue weighted by Gasteiger charge is -2.34. The minimum absolute atomic E-state index is 0.863. The SMILES string of the molecule is CCCCCCCCCCN(CCCCCCCCCC)C(=N)N(CCCCCCCCCC)CCCCCCCCCC. The molecule has 0 aliphatic rings. The molecule has 3 nitrogen and oxygen atoms in total. The summed E-state index contributed by atoms with van der Waals surface area (Å²) in [5.41, 5.74) is 0. The molecule has 0 aliphatic carbocycles. The molecule has 0 bridgehead atoms. The molecule has 0 aromatic rings. The molecule has 0 fully saturated rings. The van der Waals surface area contributed by atoms with Gasteiger partial charge in [-0.1, -0.05) is 207 Å². The second kappa shape index (κ2) is 36.7. The number of hydrogen-bond acceptors (Lipinski definition) is 1. The van der Waals surface area contributed by atoms with Gasteiger partial charge in [-0.3, -0.25) is 5.41 Å².